The number of urea groups is 1. The van der Waals surface area contributed by atoms with Crippen LogP contribution in [-0.2, 0) is 0 Å². The van der Waals surface area contributed by atoms with E-state index < -0.39 is 0 Å². The predicted molar refractivity (Wildman–Crippen MR) is 97.8 cm³/mol. The van der Waals surface area contributed by atoms with Crippen molar-refractivity contribution in [3.8, 4) is 0 Å². The van der Waals surface area contributed by atoms with Gasteiger partial charge in [-0.05, 0) is 64.6 Å². The van der Waals surface area contributed by atoms with Crippen molar-refractivity contribution >= 4 is 71.2 Å². The zero-order valence-electron chi connectivity index (χ0n) is 11.6. The van der Waals surface area contributed by atoms with Crippen LogP contribution in [0.1, 0.15) is 6.92 Å². The number of anilines is 1. The first-order chi connectivity index (χ1) is 9.99. The molecule has 112 valence electrons. The van der Waals surface area contributed by atoms with Crippen molar-refractivity contribution in [2.24, 2.45) is 0 Å². The second-order valence-corrected chi connectivity index (χ2v) is 8.02. The number of nitrogens with zero attached hydrogens (tertiary/aromatic N) is 4. The summed E-state index contributed by atoms with van der Waals surface area (Å²) in [6.45, 7) is 3.93. The number of fused-ring (bicyclic) bond motifs is 1. The molecule has 1 saturated heterocycles. The second kappa shape index (κ2) is 5.98. The summed E-state index contributed by atoms with van der Waals surface area (Å²) in [5.74, 6) is 0. The number of aromatic nitrogens is 1. The number of hydrogen-bond donors (Lipinski definition) is 0. The Balaban J connectivity index is 2.03. The highest BCUT2D eigenvalue weighted by Crippen LogP contribution is 2.36. The number of halogens is 2. The van der Waals surface area contributed by atoms with Gasteiger partial charge in [0.25, 0.3) is 0 Å². The Hall–Kier alpha value is -0.450. The summed E-state index contributed by atoms with van der Waals surface area (Å²) in [6, 6.07) is 4.13. The Morgan fingerprint density at radius 3 is 2.90 bits per heavy atom. The normalized spacial score (nSPS) is 17.0. The van der Waals surface area contributed by atoms with Crippen LogP contribution in [0.25, 0.3) is 10.2 Å². The lowest BCUT2D eigenvalue weighted by Gasteiger charge is -2.38. The number of benzene rings is 1. The fraction of sp³-hybridized carbons (Fsp3) is 0.385. The van der Waals surface area contributed by atoms with E-state index in [0.717, 1.165) is 23.4 Å². The molecule has 0 N–H and O–H groups in total. The molecule has 21 heavy (non-hydrogen) atoms. The molecular weight excluding hydrogens is 467 g/mol. The Labute approximate surface area is 149 Å². The maximum absolute atomic E-state index is 12.5. The lowest BCUT2D eigenvalue weighted by Crippen LogP contribution is -2.56. The highest BCUT2D eigenvalue weighted by atomic mass is 127. The van der Waals surface area contributed by atoms with E-state index in [1.165, 1.54) is 0 Å². The third kappa shape index (κ3) is 2.90. The van der Waals surface area contributed by atoms with Gasteiger partial charge in [-0.25, -0.2) is 9.78 Å². The van der Waals surface area contributed by atoms with Gasteiger partial charge >= 0.3 is 6.03 Å². The molecule has 1 aromatic carbocycles. The summed E-state index contributed by atoms with van der Waals surface area (Å²) in [5.41, 5.74) is 0.929. The summed E-state index contributed by atoms with van der Waals surface area (Å²) in [4.78, 5) is 22.8. The number of carbonyl (C=O) groups is 1. The molecule has 0 radical (unpaired) electrons. The number of carbonyl (C=O) groups excluding carboxylic acids is 1. The molecule has 1 aromatic heterocycles. The molecule has 0 atom stereocenters. The van der Waals surface area contributed by atoms with Crippen LogP contribution in [0.2, 0.25) is 0 Å². The van der Waals surface area contributed by atoms with Crippen LogP contribution in [0, 0.1) is 3.57 Å². The van der Waals surface area contributed by atoms with E-state index in [-0.39, 0.29) is 6.03 Å². The molecule has 1 fully saturated rings. The van der Waals surface area contributed by atoms with Crippen molar-refractivity contribution in [1.29, 1.82) is 0 Å². The predicted octanol–water partition coefficient (Wildman–Crippen LogP) is 3.77. The van der Waals surface area contributed by atoms with Crippen molar-refractivity contribution in [3.63, 3.8) is 0 Å². The molecule has 1 aliphatic rings. The minimum atomic E-state index is 0.0282. The topological polar surface area (TPSA) is 39.7 Å². The first-order valence-corrected chi connectivity index (χ1v) is 9.19. The summed E-state index contributed by atoms with van der Waals surface area (Å²) < 4.78 is 3.23. The Morgan fingerprint density at radius 2 is 2.19 bits per heavy atom. The highest BCUT2D eigenvalue weighted by molar-refractivity contribution is 14.1. The van der Waals surface area contributed by atoms with Gasteiger partial charge in [0.2, 0.25) is 0 Å². The number of rotatable bonds is 2. The molecule has 3 rings (SSSR count). The smallest absolute Gasteiger partial charge is 0.312 e. The molecule has 5 nitrogen and oxygen atoms in total. The quantitative estimate of drug-likeness (QED) is 0.614. The van der Waals surface area contributed by atoms with Gasteiger partial charge in [0.1, 0.15) is 0 Å². The van der Waals surface area contributed by atoms with E-state index in [4.69, 9.17) is 0 Å². The zero-order chi connectivity index (χ0) is 15.1. The van der Waals surface area contributed by atoms with Crippen LogP contribution < -0.4 is 4.90 Å². The van der Waals surface area contributed by atoms with Gasteiger partial charge in [0.15, 0.2) is 5.13 Å². The van der Waals surface area contributed by atoms with Gasteiger partial charge in [-0.15, -0.1) is 0 Å². The van der Waals surface area contributed by atoms with E-state index >= 15 is 0 Å². The lowest BCUT2D eigenvalue weighted by molar-refractivity contribution is 0.136. The van der Waals surface area contributed by atoms with Gasteiger partial charge in [-0.3, -0.25) is 9.80 Å². The maximum atomic E-state index is 12.5. The van der Waals surface area contributed by atoms with E-state index in [1.54, 1.807) is 16.2 Å². The van der Waals surface area contributed by atoms with Gasteiger partial charge in [-0.1, -0.05) is 11.3 Å². The van der Waals surface area contributed by atoms with Crippen LogP contribution >= 0.6 is 49.9 Å². The Kier molecular flexibility index (Phi) is 4.40. The summed E-state index contributed by atoms with van der Waals surface area (Å²) in [5, 5.41) is 0.753. The minimum absolute atomic E-state index is 0.0282. The highest BCUT2D eigenvalue weighted by Gasteiger charge is 2.30. The third-order valence-corrected chi connectivity index (χ3v) is 5.95. The van der Waals surface area contributed by atoms with Crippen molar-refractivity contribution < 1.29 is 4.79 Å². The Morgan fingerprint density at radius 1 is 1.43 bits per heavy atom. The Bertz CT molecular complexity index is 707. The number of hydrogen-bond acceptors (Lipinski definition) is 4. The fourth-order valence-corrected chi connectivity index (χ4v) is 4.98. The van der Waals surface area contributed by atoms with Crippen molar-refractivity contribution in [3.05, 3.63) is 20.2 Å². The van der Waals surface area contributed by atoms with Crippen molar-refractivity contribution in [2.75, 3.05) is 31.8 Å². The standard InChI is InChI=1S/C13H14BrIN4OS/c1-3-18-6-17(2)7-19(13(18)20)12-16-10-5-8(15)4-9(14)11(10)21-12/h4-5H,3,6-7H2,1-2H3. The third-order valence-electron chi connectivity index (χ3n) is 3.31. The first-order valence-electron chi connectivity index (χ1n) is 6.50. The molecule has 0 bridgehead atoms. The summed E-state index contributed by atoms with van der Waals surface area (Å²) >= 11 is 7.40. The second-order valence-electron chi connectivity index (χ2n) is 4.94. The first kappa shape index (κ1) is 15.4. The molecule has 8 heteroatoms. The van der Waals surface area contributed by atoms with Crippen molar-refractivity contribution in [2.45, 2.75) is 6.92 Å². The monoisotopic (exact) mass is 480 g/mol. The van der Waals surface area contributed by atoms with Crippen LogP contribution in [0.3, 0.4) is 0 Å². The van der Waals surface area contributed by atoms with Gasteiger partial charge in [-0.2, -0.15) is 0 Å². The van der Waals surface area contributed by atoms with Crippen molar-refractivity contribution in [1.82, 2.24) is 14.8 Å². The fourth-order valence-electron chi connectivity index (χ4n) is 2.31. The van der Waals surface area contributed by atoms with E-state index in [2.05, 4.69) is 54.5 Å². The van der Waals surface area contributed by atoms with Crippen LogP contribution in [0.5, 0.6) is 0 Å². The number of amides is 2. The van der Waals surface area contributed by atoms with Gasteiger partial charge in [0.05, 0.1) is 23.6 Å². The van der Waals surface area contributed by atoms with Gasteiger partial charge < -0.3 is 4.90 Å². The zero-order valence-corrected chi connectivity index (χ0v) is 16.2. The van der Waals surface area contributed by atoms with Crippen LogP contribution in [0.15, 0.2) is 16.6 Å². The number of thiazole rings is 1. The average molecular weight is 481 g/mol. The van der Waals surface area contributed by atoms with E-state index in [1.807, 2.05) is 24.9 Å². The van der Waals surface area contributed by atoms with Gasteiger partial charge in [0, 0.05) is 14.6 Å². The molecule has 0 saturated carbocycles. The van der Waals surface area contributed by atoms with Crippen LogP contribution in [-0.4, -0.2) is 47.7 Å². The SMILES string of the molecule is CCN1CN(C)CN(c2nc3cc(I)cc(Br)c3s2)C1=O. The molecule has 2 aromatic rings. The largest absolute Gasteiger partial charge is 0.328 e. The van der Waals surface area contributed by atoms with E-state index in [0.29, 0.717) is 19.9 Å². The van der Waals surface area contributed by atoms with Crippen LogP contribution in [0.4, 0.5) is 9.93 Å². The molecule has 2 heterocycles. The molecule has 1 aliphatic heterocycles. The maximum Gasteiger partial charge on any atom is 0.328 e. The molecule has 0 unspecified atom stereocenters. The lowest BCUT2D eigenvalue weighted by atomic mass is 10.3. The minimum Gasteiger partial charge on any atom is -0.312 e. The van der Waals surface area contributed by atoms with E-state index in [9.17, 15) is 4.79 Å². The summed E-state index contributed by atoms with van der Waals surface area (Å²) in [6.07, 6.45) is 0. The summed E-state index contributed by atoms with van der Waals surface area (Å²) in [7, 11) is 2.01. The molecule has 0 aliphatic carbocycles. The molecule has 0 spiro atoms. The molecular formula is C13H14BrIN4OS. The molecule has 2 amide bonds. The average Bonchev–Trinajstić information content (AvgIpc) is 2.84.